The molecule has 2 heterocycles. The molecule has 2 aromatic rings. The Morgan fingerprint density at radius 2 is 2.21 bits per heavy atom. The van der Waals surface area contributed by atoms with Crippen molar-refractivity contribution in [2.45, 2.75) is 6.54 Å². The van der Waals surface area contributed by atoms with E-state index in [0.717, 1.165) is 10.2 Å². The first-order valence-corrected chi connectivity index (χ1v) is 4.93. The highest BCUT2D eigenvalue weighted by Gasteiger charge is 2.00. The molecule has 4 heteroatoms. The summed E-state index contributed by atoms with van der Waals surface area (Å²) in [6.07, 6.45) is 3.34. The van der Waals surface area contributed by atoms with E-state index in [9.17, 15) is 4.79 Å². The number of hydrogen-bond acceptors (Lipinski definition) is 2. The molecule has 0 spiro atoms. The summed E-state index contributed by atoms with van der Waals surface area (Å²) in [6, 6.07) is 6.89. The highest BCUT2D eigenvalue weighted by molar-refractivity contribution is 9.10. The van der Waals surface area contributed by atoms with Gasteiger partial charge in [-0.15, -0.1) is 0 Å². The van der Waals surface area contributed by atoms with Crippen LogP contribution < -0.4 is 5.56 Å². The average molecular weight is 254 g/mol. The van der Waals surface area contributed by atoms with E-state index in [1.807, 2.05) is 6.07 Å². The van der Waals surface area contributed by atoms with Gasteiger partial charge in [0.15, 0.2) is 0 Å². The minimum atomic E-state index is -0.0374. The van der Waals surface area contributed by atoms with Gasteiger partial charge in [-0.1, -0.05) is 0 Å². The molecule has 0 aliphatic carbocycles. The number of halogens is 1. The molecule has 14 heavy (non-hydrogen) atoms. The van der Waals surface area contributed by atoms with Gasteiger partial charge in [0.1, 0.15) is 5.76 Å². The maximum atomic E-state index is 11.4. The van der Waals surface area contributed by atoms with Gasteiger partial charge in [0.25, 0.3) is 5.56 Å². The predicted octanol–water partition coefficient (Wildman–Crippen LogP) is 2.25. The van der Waals surface area contributed by atoms with Crippen molar-refractivity contribution < 1.29 is 4.42 Å². The van der Waals surface area contributed by atoms with Crippen molar-refractivity contribution in [2.24, 2.45) is 0 Å². The van der Waals surface area contributed by atoms with Gasteiger partial charge < -0.3 is 8.98 Å². The van der Waals surface area contributed by atoms with Gasteiger partial charge >= 0.3 is 0 Å². The summed E-state index contributed by atoms with van der Waals surface area (Å²) in [5.41, 5.74) is -0.0374. The van der Waals surface area contributed by atoms with Crippen LogP contribution >= 0.6 is 15.9 Å². The molecule has 0 N–H and O–H groups in total. The second kappa shape index (κ2) is 3.84. The van der Waals surface area contributed by atoms with Gasteiger partial charge in [0.2, 0.25) is 0 Å². The van der Waals surface area contributed by atoms with Crippen molar-refractivity contribution in [1.29, 1.82) is 0 Å². The normalized spacial score (nSPS) is 10.4. The third-order valence-corrected chi connectivity index (χ3v) is 2.32. The van der Waals surface area contributed by atoms with E-state index in [4.69, 9.17) is 4.42 Å². The van der Waals surface area contributed by atoms with E-state index in [1.165, 1.54) is 6.07 Å². The lowest BCUT2D eigenvalue weighted by molar-refractivity contribution is 0.489. The van der Waals surface area contributed by atoms with Crippen molar-refractivity contribution >= 4 is 15.9 Å². The van der Waals surface area contributed by atoms with Crippen LogP contribution in [-0.4, -0.2) is 4.57 Å². The summed E-state index contributed by atoms with van der Waals surface area (Å²) in [5, 5.41) is 0. The van der Waals surface area contributed by atoms with Crippen molar-refractivity contribution in [3.63, 3.8) is 0 Å². The first kappa shape index (κ1) is 9.27. The maximum absolute atomic E-state index is 11.4. The molecule has 2 aromatic heterocycles. The molecule has 0 aliphatic heterocycles. The van der Waals surface area contributed by atoms with Crippen LogP contribution in [0.2, 0.25) is 0 Å². The van der Waals surface area contributed by atoms with Gasteiger partial charge in [-0.25, -0.2) is 0 Å². The minimum absolute atomic E-state index is 0.0374. The number of hydrogen-bond donors (Lipinski definition) is 0. The topological polar surface area (TPSA) is 35.1 Å². The summed E-state index contributed by atoms with van der Waals surface area (Å²) in [4.78, 5) is 11.4. The Bertz CT molecular complexity index is 473. The highest BCUT2D eigenvalue weighted by Crippen LogP contribution is 2.07. The molecule has 72 valence electrons. The lowest BCUT2D eigenvalue weighted by atomic mass is 10.4. The molecule has 0 bridgehead atoms. The summed E-state index contributed by atoms with van der Waals surface area (Å²) < 4.78 is 7.62. The Balaban J connectivity index is 2.33. The van der Waals surface area contributed by atoms with Crippen LogP contribution in [0.5, 0.6) is 0 Å². The fourth-order valence-electron chi connectivity index (χ4n) is 1.20. The first-order valence-electron chi connectivity index (χ1n) is 4.14. The van der Waals surface area contributed by atoms with E-state index in [-0.39, 0.29) is 5.56 Å². The van der Waals surface area contributed by atoms with E-state index < -0.39 is 0 Å². The van der Waals surface area contributed by atoms with Crippen LogP contribution in [-0.2, 0) is 6.54 Å². The Morgan fingerprint density at radius 1 is 1.36 bits per heavy atom. The lowest BCUT2D eigenvalue weighted by Gasteiger charge is -2.02. The van der Waals surface area contributed by atoms with Crippen LogP contribution in [0.1, 0.15) is 5.76 Å². The standard InChI is InChI=1S/C10H8BrNO2/c11-8-3-4-10(13)12(6-8)7-9-2-1-5-14-9/h1-6H,7H2. The fraction of sp³-hybridized carbons (Fsp3) is 0.100. The molecule has 2 rings (SSSR count). The number of aromatic nitrogens is 1. The fourth-order valence-corrected chi connectivity index (χ4v) is 1.58. The van der Waals surface area contributed by atoms with E-state index in [1.54, 1.807) is 29.2 Å². The molecule has 0 fully saturated rings. The largest absolute Gasteiger partial charge is 0.467 e. The van der Waals surface area contributed by atoms with Crippen LogP contribution in [0.15, 0.2) is 50.4 Å². The zero-order chi connectivity index (χ0) is 9.97. The van der Waals surface area contributed by atoms with Gasteiger partial charge in [0.05, 0.1) is 12.8 Å². The predicted molar refractivity (Wildman–Crippen MR) is 56.2 cm³/mol. The molecule has 0 radical (unpaired) electrons. The number of furan rings is 1. The molecule has 0 amide bonds. The molecular weight excluding hydrogens is 246 g/mol. The van der Waals surface area contributed by atoms with Gasteiger partial charge in [0, 0.05) is 16.7 Å². The smallest absolute Gasteiger partial charge is 0.250 e. The van der Waals surface area contributed by atoms with Crippen LogP contribution in [0.3, 0.4) is 0 Å². The van der Waals surface area contributed by atoms with E-state index in [2.05, 4.69) is 15.9 Å². The monoisotopic (exact) mass is 253 g/mol. The minimum Gasteiger partial charge on any atom is -0.467 e. The second-order valence-electron chi connectivity index (χ2n) is 2.89. The van der Waals surface area contributed by atoms with Crippen molar-refractivity contribution in [1.82, 2.24) is 4.57 Å². The van der Waals surface area contributed by atoms with E-state index in [0.29, 0.717) is 6.54 Å². The highest BCUT2D eigenvalue weighted by atomic mass is 79.9. The summed E-state index contributed by atoms with van der Waals surface area (Å²) in [5.74, 6) is 0.769. The Hall–Kier alpha value is -1.29. The van der Waals surface area contributed by atoms with Crippen molar-refractivity contribution in [3.05, 3.63) is 57.3 Å². The first-order chi connectivity index (χ1) is 6.75. The van der Waals surface area contributed by atoms with Gasteiger partial charge in [-0.2, -0.15) is 0 Å². The number of pyridine rings is 1. The molecule has 0 unspecified atom stereocenters. The van der Waals surface area contributed by atoms with Crippen molar-refractivity contribution in [2.75, 3.05) is 0 Å². The molecule has 0 saturated heterocycles. The molecular formula is C10H8BrNO2. The third kappa shape index (κ3) is 1.96. The van der Waals surface area contributed by atoms with Crippen LogP contribution in [0, 0.1) is 0 Å². The SMILES string of the molecule is O=c1ccc(Br)cn1Cc1ccco1. The Labute approximate surface area is 89.1 Å². The summed E-state index contributed by atoms with van der Waals surface area (Å²) in [6.45, 7) is 0.464. The second-order valence-corrected chi connectivity index (χ2v) is 3.81. The number of rotatable bonds is 2. The van der Waals surface area contributed by atoms with Gasteiger partial charge in [-0.05, 0) is 34.1 Å². The zero-order valence-electron chi connectivity index (χ0n) is 7.31. The Morgan fingerprint density at radius 3 is 2.93 bits per heavy atom. The summed E-state index contributed by atoms with van der Waals surface area (Å²) >= 11 is 3.31. The van der Waals surface area contributed by atoms with Crippen LogP contribution in [0.4, 0.5) is 0 Å². The molecule has 0 saturated carbocycles. The maximum Gasteiger partial charge on any atom is 0.250 e. The lowest BCUT2D eigenvalue weighted by Crippen LogP contribution is -2.18. The molecule has 0 atom stereocenters. The zero-order valence-corrected chi connectivity index (χ0v) is 8.90. The van der Waals surface area contributed by atoms with Gasteiger partial charge in [-0.3, -0.25) is 4.79 Å². The average Bonchev–Trinajstić information content (AvgIpc) is 2.64. The third-order valence-electron chi connectivity index (χ3n) is 1.85. The molecule has 3 nitrogen and oxygen atoms in total. The Kier molecular flexibility index (Phi) is 2.54. The van der Waals surface area contributed by atoms with Crippen LogP contribution in [0.25, 0.3) is 0 Å². The van der Waals surface area contributed by atoms with E-state index >= 15 is 0 Å². The number of nitrogens with zero attached hydrogens (tertiary/aromatic N) is 1. The quantitative estimate of drug-likeness (QED) is 0.823. The molecule has 0 aromatic carbocycles. The molecule has 0 aliphatic rings. The summed E-state index contributed by atoms with van der Waals surface area (Å²) in [7, 11) is 0. The van der Waals surface area contributed by atoms with Crippen molar-refractivity contribution in [3.8, 4) is 0 Å².